The summed E-state index contributed by atoms with van der Waals surface area (Å²) in [5, 5.41) is 4.65. The van der Waals surface area contributed by atoms with Gasteiger partial charge in [0.1, 0.15) is 10.0 Å². The Morgan fingerprint density at radius 2 is 1.97 bits per heavy atom. The number of nitrogens with zero attached hydrogens (tertiary/aromatic N) is 3. The Kier molecular flexibility index (Phi) is 5.21. The fourth-order valence-corrected chi connectivity index (χ4v) is 4.10. The molecule has 1 fully saturated rings. The normalized spacial score (nSPS) is 15.4. The number of aromatic nitrogens is 2. The Labute approximate surface area is 176 Å². The van der Waals surface area contributed by atoms with Crippen LogP contribution in [-0.2, 0) is 4.79 Å². The van der Waals surface area contributed by atoms with Crippen molar-refractivity contribution in [1.29, 1.82) is 0 Å². The molecule has 1 aliphatic rings. The van der Waals surface area contributed by atoms with Crippen LogP contribution in [0.1, 0.15) is 5.56 Å². The number of rotatable bonds is 4. The first-order valence-corrected chi connectivity index (χ1v) is 9.91. The van der Waals surface area contributed by atoms with Crippen molar-refractivity contribution >= 4 is 40.3 Å². The summed E-state index contributed by atoms with van der Waals surface area (Å²) >= 11 is 6.44. The molecule has 1 aliphatic heterocycles. The number of benzene rings is 2. The number of thiocarbonyl (C=S) groups is 1. The molecular formula is C21H16FN3O2S2. The maximum Gasteiger partial charge on any atom is 0.265 e. The van der Waals surface area contributed by atoms with E-state index in [0.29, 0.717) is 26.0 Å². The summed E-state index contributed by atoms with van der Waals surface area (Å²) in [6.07, 6.45) is 3.56. The smallest absolute Gasteiger partial charge is 0.265 e. The molecule has 1 amide bonds. The Bertz CT molecular complexity index is 1140. The number of amides is 1. The number of hydrogen-bond donors (Lipinski definition) is 0. The lowest BCUT2D eigenvalue weighted by Gasteiger charge is -2.05. The lowest BCUT2D eigenvalue weighted by Crippen LogP contribution is -2.22. The standard InChI is InChI=1S/C21H16FN3O2S2/c1-24-20(26)18(29-21(24)28)11-14-12-25(15-6-4-3-5-7-15)23-19(14)13-8-9-17(27-2)16(22)10-13/h3-12H,1-2H3. The van der Waals surface area contributed by atoms with Gasteiger partial charge in [-0.15, -0.1) is 0 Å². The summed E-state index contributed by atoms with van der Waals surface area (Å²) in [5.41, 5.74) is 2.67. The highest BCUT2D eigenvalue weighted by molar-refractivity contribution is 8.26. The average Bonchev–Trinajstić information content (AvgIpc) is 3.26. The number of likely N-dealkylation sites (N-methyl/N-ethyl adjacent to an activating group) is 1. The topological polar surface area (TPSA) is 47.4 Å². The number of thioether (sulfide) groups is 1. The zero-order valence-corrected chi connectivity index (χ0v) is 17.3. The third kappa shape index (κ3) is 3.68. The Hall–Kier alpha value is -2.97. The van der Waals surface area contributed by atoms with Crippen molar-refractivity contribution in [2.45, 2.75) is 0 Å². The Balaban J connectivity index is 1.85. The van der Waals surface area contributed by atoms with Gasteiger partial charge in [0.15, 0.2) is 11.6 Å². The Morgan fingerprint density at radius 1 is 1.21 bits per heavy atom. The van der Waals surface area contributed by atoms with Crippen molar-refractivity contribution in [3.63, 3.8) is 0 Å². The summed E-state index contributed by atoms with van der Waals surface area (Å²) in [7, 11) is 3.06. The van der Waals surface area contributed by atoms with Gasteiger partial charge in [0.25, 0.3) is 5.91 Å². The van der Waals surface area contributed by atoms with E-state index in [1.54, 1.807) is 29.9 Å². The van der Waals surface area contributed by atoms with Crippen LogP contribution < -0.4 is 4.74 Å². The summed E-state index contributed by atoms with van der Waals surface area (Å²) in [5.74, 6) is -0.492. The molecule has 146 valence electrons. The van der Waals surface area contributed by atoms with E-state index in [1.165, 1.54) is 29.8 Å². The van der Waals surface area contributed by atoms with Gasteiger partial charge in [0, 0.05) is 24.4 Å². The van der Waals surface area contributed by atoms with Crippen LogP contribution in [0, 0.1) is 5.82 Å². The van der Waals surface area contributed by atoms with Crippen LogP contribution >= 0.6 is 24.0 Å². The van der Waals surface area contributed by atoms with Crippen molar-refractivity contribution in [2.24, 2.45) is 0 Å². The molecule has 2 aromatic carbocycles. The fraction of sp³-hybridized carbons (Fsp3) is 0.0952. The molecule has 5 nitrogen and oxygen atoms in total. The van der Waals surface area contributed by atoms with Gasteiger partial charge in [-0.25, -0.2) is 9.07 Å². The molecule has 0 atom stereocenters. The van der Waals surface area contributed by atoms with Crippen LogP contribution in [0.4, 0.5) is 4.39 Å². The number of carbonyl (C=O) groups excluding carboxylic acids is 1. The molecular weight excluding hydrogens is 409 g/mol. The predicted octanol–water partition coefficient (Wildman–Crippen LogP) is 4.52. The third-order valence-electron chi connectivity index (χ3n) is 4.46. The first-order chi connectivity index (χ1) is 14.0. The summed E-state index contributed by atoms with van der Waals surface area (Å²) in [4.78, 5) is 14.4. The summed E-state index contributed by atoms with van der Waals surface area (Å²) in [6, 6.07) is 14.2. The Morgan fingerprint density at radius 3 is 2.59 bits per heavy atom. The number of halogens is 1. The van der Waals surface area contributed by atoms with Crippen LogP contribution in [0.25, 0.3) is 23.0 Å². The van der Waals surface area contributed by atoms with E-state index in [-0.39, 0.29) is 11.7 Å². The van der Waals surface area contributed by atoms with Crippen molar-refractivity contribution in [1.82, 2.24) is 14.7 Å². The molecule has 0 spiro atoms. The fourth-order valence-electron chi connectivity index (χ4n) is 2.93. The van der Waals surface area contributed by atoms with E-state index >= 15 is 0 Å². The van der Waals surface area contributed by atoms with Crippen molar-refractivity contribution in [3.8, 4) is 22.7 Å². The number of ether oxygens (including phenoxy) is 1. The minimum absolute atomic E-state index is 0.157. The molecule has 0 unspecified atom stereocenters. The molecule has 1 aromatic heterocycles. The van der Waals surface area contributed by atoms with Gasteiger partial charge >= 0.3 is 0 Å². The highest BCUT2D eigenvalue weighted by atomic mass is 32.2. The molecule has 0 saturated carbocycles. The maximum absolute atomic E-state index is 14.3. The summed E-state index contributed by atoms with van der Waals surface area (Å²) in [6.45, 7) is 0. The molecule has 0 N–H and O–H groups in total. The predicted molar refractivity (Wildman–Crippen MR) is 116 cm³/mol. The second kappa shape index (κ2) is 7.81. The second-order valence-corrected chi connectivity index (χ2v) is 7.98. The van der Waals surface area contributed by atoms with Gasteiger partial charge < -0.3 is 4.74 Å². The second-order valence-electron chi connectivity index (χ2n) is 6.30. The van der Waals surface area contributed by atoms with Gasteiger partial charge in [-0.2, -0.15) is 5.10 Å². The first-order valence-electron chi connectivity index (χ1n) is 8.68. The third-order valence-corrected chi connectivity index (χ3v) is 5.95. The molecule has 2 heterocycles. The van der Waals surface area contributed by atoms with E-state index < -0.39 is 5.82 Å². The van der Waals surface area contributed by atoms with Gasteiger partial charge in [-0.1, -0.05) is 42.2 Å². The van der Waals surface area contributed by atoms with E-state index in [2.05, 4.69) is 5.10 Å². The largest absolute Gasteiger partial charge is 0.494 e. The minimum atomic E-state index is -0.481. The molecule has 8 heteroatoms. The monoisotopic (exact) mass is 425 g/mol. The van der Waals surface area contributed by atoms with Gasteiger partial charge in [0.2, 0.25) is 0 Å². The van der Waals surface area contributed by atoms with E-state index in [1.807, 2.05) is 36.5 Å². The SMILES string of the molecule is COc1ccc(-c2nn(-c3ccccc3)cc2C=C2SC(=S)N(C)C2=O)cc1F. The van der Waals surface area contributed by atoms with Crippen molar-refractivity contribution in [3.05, 3.63) is 71.0 Å². The molecule has 29 heavy (non-hydrogen) atoms. The minimum Gasteiger partial charge on any atom is -0.494 e. The quantitative estimate of drug-likeness (QED) is 0.454. The van der Waals surface area contributed by atoms with Crippen LogP contribution in [0.5, 0.6) is 5.75 Å². The van der Waals surface area contributed by atoms with E-state index in [9.17, 15) is 9.18 Å². The lowest BCUT2D eigenvalue weighted by atomic mass is 10.1. The number of hydrogen-bond acceptors (Lipinski definition) is 5. The van der Waals surface area contributed by atoms with Crippen LogP contribution in [0.3, 0.4) is 0 Å². The number of methoxy groups -OCH3 is 1. The molecule has 1 saturated heterocycles. The average molecular weight is 426 g/mol. The zero-order chi connectivity index (χ0) is 20.5. The van der Waals surface area contributed by atoms with Crippen LogP contribution in [0.2, 0.25) is 0 Å². The van der Waals surface area contributed by atoms with E-state index in [4.69, 9.17) is 17.0 Å². The lowest BCUT2D eigenvalue weighted by molar-refractivity contribution is -0.121. The molecule has 3 aromatic rings. The molecule has 0 radical (unpaired) electrons. The van der Waals surface area contributed by atoms with Gasteiger partial charge in [0.05, 0.1) is 17.7 Å². The molecule has 0 bridgehead atoms. The highest BCUT2D eigenvalue weighted by Crippen LogP contribution is 2.34. The summed E-state index contributed by atoms with van der Waals surface area (Å²) < 4.78 is 21.5. The number of carbonyl (C=O) groups is 1. The van der Waals surface area contributed by atoms with Crippen LogP contribution in [-0.4, -0.2) is 39.1 Å². The van der Waals surface area contributed by atoms with Crippen molar-refractivity contribution in [2.75, 3.05) is 14.2 Å². The maximum atomic E-state index is 14.3. The van der Waals surface area contributed by atoms with Gasteiger partial charge in [-0.3, -0.25) is 9.69 Å². The number of para-hydroxylation sites is 1. The van der Waals surface area contributed by atoms with Gasteiger partial charge in [-0.05, 0) is 36.4 Å². The molecule has 4 rings (SSSR count). The van der Waals surface area contributed by atoms with E-state index in [0.717, 1.165) is 5.69 Å². The molecule has 0 aliphatic carbocycles. The van der Waals surface area contributed by atoms with Crippen LogP contribution in [0.15, 0.2) is 59.6 Å². The highest BCUT2D eigenvalue weighted by Gasteiger charge is 2.29. The van der Waals surface area contributed by atoms with Crippen molar-refractivity contribution < 1.29 is 13.9 Å². The zero-order valence-electron chi connectivity index (χ0n) is 15.6. The first kappa shape index (κ1) is 19.4.